The van der Waals surface area contributed by atoms with Crippen LogP contribution in [0.4, 0.5) is 0 Å². The molecular weight excluding hydrogens is 156 g/mol. The molecule has 68 valence electrons. The second kappa shape index (κ2) is 3.70. The van der Waals surface area contributed by atoms with Crippen molar-refractivity contribution in [3.63, 3.8) is 0 Å². The summed E-state index contributed by atoms with van der Waals surface area (Å²) >= 11 is 0. The Morgan fingerprint density at radius 3 is 2.75 bits per heavy atom. The summed E-state index contributed by atoms with van der Waals surface area (Å²) in [5.74, 6) is -0.247. The second-order valence-electron chi connectivity index (χ2n) is 3.39. The lowest BCUT2D eigenvalue weighted by atomic mass is 9.96. The maximum absolute atomic E-state index is 11.0. The van der Waals surface area contributed by atoms with E-state index in [9.17, 15) is 9.59 Å². The van der Waals surface area contributed by atoms with E-state index in [-0.39, 0.29) is 30.2 Å². The summed E-state index contributed by atoms with van der Waals surface area (Å²) in [7, 11) is 0. The van der Waals surface area contributed by atoms with Gasteiger partial charge in [-0.05, 0) is 26.7 Å². The molecule has 0 amide bonds. The van der Waals surface area contributed by atoms with Gasteiger partial charge in [-0.25, -0.2) is 0 Å². The number of hydrogen-bond donors (Lipinski definition) is 0. The molecule has 0 spiro atoms. The van der Waals surface area contributed by atoms with Crippen LogP contribution in [0.2, 0.25) is 0 Å². The van der Waals surface area contributed by atoms with E-state index >= 15 is 0 Å². The minimum atomic E-state index is -0.236. The number of rotatable bonds is 1. The summed E-state index contributed by atoms with van der Waals surface area (Å²) in [6.45, 7) is 3.40. The van der Waals surface area contributed by atoms with Crippen LogP contribution >= 0.6 is 0 Å². The lowest BCUT2D eigenvalue weighted by Crippen LogP contribution is -2.14. The standard InChI is InChI=1S/C9H14O3/c1-6-3-4-8(7(2)10)5-9(11)12-6/h6,8H,3-5H2,1-2H3. The van der Waals surface area contributed by atoms with E-state index < -0.39 is 0 Å². The Balaban J connectivity index is 2.58. The summed E-state index contributed by atoms with van der Waals surface area (Å²) in [5.41, 5.74) is 0. The minimum Gasteiger partial charge on any atom is -0.463 e. The fourth-order valence-electron chi connectivity index (χ4n) is 1.42. The summed E-state index contributed by atoms with van der Waals surface area (Å²) in [4.78, 5) is 22.0. The Morgan fingerprint density at radius 2 is 2.17 bits per heavy atom. The van der Waals surface area contributed by atoms with Crippen molar-refractivity contribution in [2.45, 2.75) is 39.2 Å². The van der Waals surface area contributed by atoms with Crippen LogP contribution in [0, 0.1) is 5.92 Å². The molecule has 2 unspecified atom stereocenters. The monoisotopic (exact) mass is 170 g/mol. The maximum Gasteiger partial charge on any atom is 0.306 e. The first-order chi connectivity index (χ1) is 5.59. The van der Waals surface area contributed by atoms with Crippen LogP contribution in [0.15, 0.2) is 0 Å². The molecule has 0 aromatic carbocycles. The van der Waals surface area contributed by atoms with Crippen LogP contribution in [0.5, 0.6) is 0 Å². The molecule has 0 aliphatic carbocycles. The number of esters is 1. The molecule has 1 rings (SSSR count). The Kier molecular flexibility index (Phi) is 2.84. The molecule has 0 bridgehead atoms. The van der Waals surface area contributed by atoms with Gasteiger partial charge in [0.05, 0.1) is 12.5 Å². The predicted octanol–water partition coefficient (Wildman–Crippen LogP) is 1.31. The topological polar surface area (TPSA) is 43.4 Å². The van der Waals surface area contributed by atoms with E-state index in [1.165, 1.54) is 6.92 Å². The smallest absolute Gasteiger partial charge is 0.306 e. The molecule has 0 N–H and O–H groups in total. The van der Waals surface area contributed by atoms with Crippen LogP contribution in [0.3, 0.4) is 0 Å². The highest BCUT2D eigenvalue weighted by Gasteiger charge is 2.25. The number of hydrogen-bond acceptors (Lipinski definition) is 3. The average molecular weight is 170 g/mol. The van der Waals surface area contributed by atoms with Gasteiger partial charge in [-0.1, -0.05) is 0 Å². The van der Waals surface area contributed by atoms with E-state index in [4.69, 9.17) is 4.74 Å². The molecule has 0 aromatic rings. The first-order valence-corrected chi connectivity index (χ1v) is 4.29. The number of carbonyl (C=O) groups excluding carboxylic acids is 2. The fraction of sp³-hybridized carbons (Fsp3) is 0.778. The molecule has 0 aromatic heterocycles. The van der Waals surface area contributed by atoms with Crippen LogP contribution in [0.25, 0.3) is 0 Å². The summed E-state index contributed by atoms with van der Waals surface area (Å²) in [5, 5.41) is 0. The fourth-order valence-corrected chi connectivity index (χ4v) is 1.42. The molecule has 0 radical (unpaired) electrons. The highest BCUT2D eigenvalue weighted by atomic mass is 16.5. The van der Waals surface area contributed by atoms with Gasteiger partial charge in [0.25, 0.3) is 0 Å². The van der Waals surface area contributed by atoms with Gasteiger partial charge in [0, 0.05) is 5.92 Å². The van der Waals surface area contributed by atoms with Crippen molar-refractivity contribution in [3.05, 3.63) is 0 Å². The Morgan fingerprint density at radius 1 is 1.50 bits per heavy atom. The number of ether oxygens (including phenoxy) is 1. The quantitative estimate of drug-likeness (QED) is 0.557. The van der Waals surface area contributed by atoms with Gasteiger partial charge in [-0.15, -0.1) is 0 Å². The normalized spacial score (nSPS) is 30.7. The maximum atomic E-state index is 11.0. The molecular formula is C9H14O3. The van der Waals surface area contributed by atoms with E-state index in [0.717, 1.165) is 12.8 Å². The zero-order valence-electron chi connectivity index (χ0n) is 7.50. The van der Waals surface area contributed by atoms with E-state index in [0.29, 0.717) is 0 Å². The third-order valence-corrected chi connectivity index (χ3v) is 2.24. The zero-order chi connectivity index (χ0) is 9.14. The van der Waals surface area contributed by atoms with Crippen LogP contribution in [-0.2, 0) is 14.3 Å². The third kappa shape index (κ3) is 2.32. The van der Waals surface area contributed by atoms with Crippen molar-refractivity contribution in [3.8, 4) is 0 Å². The molecule has 3 nitrogen and oxygen atoms in total. The zero-order valence-corrected chi connectivity index (χ0v) is 7.50. The van der Waals surface area contributed by atoms with Gasteiger partial charge >= 0.3 is 5.97 Å². The predicted molar refractivity (Wildman–Crippen MR) is 43.6 cm³/mol. The molecule has 12 heavy (non-hydrogen) atoms. The number of ketones is 1. The highest BCUT2D eigenvalue weighted by Crippen LogP contribution is 2.20. The second-order valence-corrected chi connectivity index (χ2v) is 3.39. The first kappa shape index (κ1) is 9.23. The van der Waals surface area contributed by atoms with Gasteiger partial charge in [0.1, 0.15) is 5.78 Å². The van der Waals surface area contributed by atoms with Gasteiger partial charge < -0.3 is 4.74 Å². The van der Waals surface area contributed by atoms with Crippen molar-refractivity contribution in [2.24, 2.45) is 5.92 Å². The molecule has 1 fully saturated rings. The van der Waals surface area contributed by atoms with E-state index in [1.54, 1.807) is 0 Å². The van der Waals surface area contributed by atoms with Crippen molar-refractivity contribution in [2.75, 3.05) is 0 Å². The van der Waals surface area contributed by atoms with Gasteiger partial charge in [-0.2, -0.15) is 0 Å². The van der Waals surface area contributed by atoms with Gasteiger partial charge in [-0.3, -0.25) is 9.59 Å². The van der Waals surface area contributed by atoms with Crippen LogP contribution < -0.4 is 0 Å². The third-order valence-electron chi connectivity index (χ3n) is 2.24. The average Bonchev–Trinajstić information content (AvgIpc) is 2.11. The van der Waals surface area contributed by atoms with E-state index in [1.807, 2.05) is 6.92 Å². The highest BCUT2D eigenvalue weighted by molar-refractivity contribution is 5.83. The van der Waals surface area contributed by atoms with Gasteiger partial charge in [0.2, 0.25) is 0 Å². The Labute approximate surface area is 72.1 Å². The number of cyclic esters (lactones) is 1. The SMILES string of the molecule is CC(=O)C1CCC(C)OC(=O)C1. The lowest BCUT2D eigenvalue weighted by Gasteiger charge is -2.06. The molecule has 3 heteroatoms. The summed E-state index contributed by atoms with van der Waals surface area (Å²) < 4.78 is 5.00. The molecule has 1 aliphatic heterocycles. The van der Waals surface area contributed by atoms with Crippen molar-refractivity contribution < 1.29 is 14.3 Å². The summed E-state index contributed by atoms with van der Waals surface area (Å²) in [6.07, 6.45) is 1.82. The number of carbonyl (C=O) groups is 2. The number of Topliss-reactive ketones (excluding diaryl/α,β-unsaturated/α-hetero) is 1. The van der Waals surface area contributed by atoms with Gasteiger partial charge in [0.15, 0.2) is 0 Å². The molecule has 1 heterocycles. The molecule has 2 atom stereocenters. The minimum absolute atomic E-state index is 0.0261. The molecule has 1 aliphatic rings. The summed E-state index contributed by atoms with van der Waals surface area (Å²) in [6, 6.07) is 0. The largest absolute Gasteiger partial charge is 0.463 e. The Hall–Kier alpha value is -0.860. The lowest BCUT2D eigenvalue weighted by molar-refractivity contribution is -0.148. The molecule has 0 saturated carbocycles. The van der Waals surface area contributed by atoms with Crippen molar-refractivity contribution in [1.82, 2.24) is 0 Å². The van der Waals surface area contributed by atoms with Crippen LogP contribution in [0.1, 0.15) is 33.1 Å². The molecule has 1 saturated heterocycles. The first-order valence-electron chi connectivity index (χ1n) is 4.29. The Bertz CT molecular complexity index is 198. The van der Waals surface area contributed by atoms with Crippen LogP contribution in [-0.4, -0.2) is 17.9 Å². The van der Waals surface area contributed by atoms with Crippen molar-refractivity contribution in [1.29, 1.82) is 0 Å². The van der Waals surface area contributed by atoms with Crippen molar-refractivity contribution >= 4 is 11.8 Å². The van der Waals surface area contributed by atoms with E-state index in [2.05, 4.69) is 0 Å².